The average molecular weight is 255 g/mol. The molecule has 2 nitrogen and oxygen atoms in total. The molecule has 0 bridgehead atoms. The molecule has 74 valence electrons. The van der Waals surface area contributed by atoms with Gasteiger partial charge in [-0.3, -0.25) is 4.79 Å². The Labute approximate surface area is 91.4 Å². The second-order valence-electron chi connectivity index (χ2n) is 3.61. The van der Waals surface area contributed by atoms with E-state index in [0.717, 1.165) is 22.9 Å². The van der Waals surface area contributed by atoms with Crippen LogP contribution in [0.5, 0.6) is 5.75 Å². The summed E-state index contributed by atoms with van der Waals surface area (Å²) in [6.07, 6.45) is 1.96. The minimum atomic E-state index is -0.0876. The van der Waals surface area contributed by atoms with Crippen LogP contribution < -0.4 is 4.74 Å². The van der Waals surface area contributed by atoms with Gasteiger partial charge in [-0.1, -0.05) is 15.9 Å². The standard InChI is InChI=1S/C11H11BrO2/c1-7-6-9(12)4-5-10(7)14-11(13)8-2-3-8/h4-6,8H,2-3H2,1H3. The molecule has 1 aliphatic carbocycles. The number of rotatable bonds is 2. The number of hydrogen-bond acceptors (Lipinski definition) is 2. The van der Waals surface area contributed by atoms with Crippen molar-refractivity contribution in [3.63, 3.8) is 0 Å². The van der Waals surface area contributed by atoms with E-state index < -0.39 is 0 Å². The van der Waals surface area contributed by atoms with Gasteiger partial charge in [-0.2, -0.15) is 0 Å². The molecule has 3 heteroatoms. The summed E-state index contributed by atoms with van der Waals surface area (Å²) >= 11 is 3.36. The first-order valence-electron chi connectivity index (χ1n) is 4.64. The maximum atomic E-state index is 11.4. The summed E-state index contributed by atoms with van der Waals surface area (Å²) in [7, 11) is 0. The van der Waals surface area contributed by atoms with Crippen LogP contribution in [-0.2, 0) is 4.79 Å². The molecule has 0 amide bonds. The highest BCUT2D eigenvalue weighted by Crippen LogP contribution is 2.31. The van der Waals surface area contributed by atoms with Crippen LogP contribution in [-0.4, -0.2) is 5.97 Å². The highest BCUT2D eigenvalue weighted by molar-refractivity contribution is 9.10. The fraction of sp³-hybridized carbons (Fsp3) is 0.364. The molecule has 0 N–H and O–H groups in total. The molecule has 0 heterocycles. The second kappa shape index (κ2) is 3.73. The van der Waals surface area contributed by atoms with Gasteiger partial charge >= 0.3 is 5.97 Å². The van der Waals surface area contributed by atoms with E-state index in [1.54, 1.807) is 0 Å². The van der Waals surface area contributed by atoms with Crippen LogP contribution in [0, 0.1) is 12.8 Å². The summed E-state index contributed by atoms with van der Waals surface area (Å²) in [5.41, 5.74) is 0.980. The van der Waals surface area contributed by atoms with Crippen molar-refractivity contribution in [2.45, 2.75) is 19.8 Å². The van der Waals surface area contributed by atoms with Crippen LogP contribution in [0.25, 0.3) is 0 Å². The lowest BCUT2D eigenvalue weighted by Gasteiger charge is -2.06. The zero-order chi connectivity index (χ0) is 10.1. The van der Waals surface area contributed by atoms with Crippen LogP contribution in [0.15, 0.2) is 22.7 Å². The van der Waals surface area contributed by atoms with E-state index in [-0.39, 0.29) is 11.9 Å². The van der Waals surface area contributed by atoms with Gasteiger partial charge in [0.2, 0.25) is 0 Å². The molecule has 0 radical (unpaired) electrons. The van der Waals surface area contributed by atoms with E-state index in [0.29, 0.717) is 5.75 Å². The van der Waals surface area contributed by atoms with Gasteiger partial charge in [0.05, 0.1) is 5.92 Å². The van der Waals surface area contributed by atoms with E-state index in [2.05, 4.69) is 15.9 Å². The molecule has 1 fully saturated rings. The van der Waals surface area contributed by atoms with Gasteiger partial charge in [-0.25, -0.2) is 0 Å². The molecular weight excluding hydrogens is 244 g/mol. The molecule has 1 saturated carbocycles. The Balaban J connectivity index is 2.11. The topological polar surface area (TPSA) is 26.3 Å². The number of carbonyl (C=O) groups is 1. The molecule has 1 aromatic rings. The highest BCUT2D eigenvalue weighted by Gasteiger charge is 2.31. The van der Waals surface area contributed by atoms with Gasteiger partial charge in [0.15, 0.2) is 0 Å². The van der Waals surface area contributed by atoms with Crippen LogP contribution in [0.4, 0.5) is 0 Å². The predicted octanol–water partition coefficient (Wildman–Crippen LogP) is 3.07. The Hall–Kier alpha value is -0.830. The number of benzene rings is 1. The maximum Gasteiger partial charge on any atom is 0.314 e. The Morgan fingerprint density at radius 2 is 2.21 bits per heavy atom. The first-order chi connectivity index (χ1) is 6.66. The molecule has 0 saturated heterocycles. The van der Waals surface area contributed by atoms with Crippen LogP contribution in [0.2, 0.25) is 0 Å². The fourth-order valence-electron chi connectivity index (χ4n) is 1.24. The van der Waals surface area contributed by atoms with Crippen LogP contribution >= 0.6 is 15.9 Å². The number of aryl methyl sites for hydroxylation is 1. The van der Waals surface area contributed by atoms with Crippen molar-refractivity contribution in [2.75, 3.05) is 0 Å². The number of carbonyl (C=O) groups excluding carboxylic acids is 1. The van der Waals surface area contributed by atoms with E-state index in [9.17, 15) is 4.79 Å². The van der Waals surface area contributed by atoms with Gasteiger partial charge in [-0.15, -0.1) is 0 Å². The van der Waals surface area contributed by atoms with Crippen molar-refractivity contribution in [3.05, 3.63) is 28.2 Å². The third-order valence-electron chi connectivity index (χ3n) is 2.26. The van der Waals surface area contributed by atoms with Crippen molar-refractivity contribution in [2.24, 2.45) is 5.92 Å². The number of esters is 1. The van der Waals surface area contributed by atoms with E-state index >= 15 is 0 Å². The average Bonchev–Trinajstić information content (AvgIpc) is 2.92. The van der Waals surface area contributed by atoms with E-state index in [4.69, 9.17) is 4.74 Å². The Kier molecular flexibility index (Phi) is 2.59. The highest BCUT2D eigenvalue weighted by atomic mass is 79.9. The SMILES string of the molecule is Cc1cc(Br)ccc1OC(=O)C1CC1. The molecule has 1 aromatic carbocycles. The largest absolute Gasteiger partial charge is 0.426 e. The summed E-state index contributed by atoms with van der Waals surface area (Å²) in [6, 6.07) is 5.64. The van der Waals surface area contributed by atoms with Gasteiger partial charge in [0.25, 0.3) is 0 Å². The van der Waals surface area contributed by atoms with Gasteiger partial charge in [0.1, 0.15) is 5.75 Å². The third kappa shape index (κ3) is 2.15. The normalized spacial score (nSPS) is 15.3. The zero-order valence-electron chi connectivity index (χ0n) is 7.92. The predicted molar refractivity (Wildman–Crippen MR) is 57.2 cm³/mol. The summed E-state index contributed by atoms with van der Waals surface area (Å²) in [6.45, 7) is 1.93. The molecule has 2 rings (SSSR count). The molecule has 1 aliphatic rings. The lowest BCUT2D eigenvalue weighted by molar-refractivity contribution is -0.135. The summed E-state index contributed by atoms with van der Waals surface area (Å²) < 4.78 is 6.27. The minimum absolute atomic E-state index is 0.0876. The number of halogens is 1. The van der Waals surface area contributed by atoms with Crippen molar-refractivity contribution in [1.82, 2.24) is 0 Å². The quantitative estimate of drug-likeness (QED) is 0.599. The van der Waals surface area contributed by atoms with Crippen LogP contribution in [0.1, 0.15) is 18.4 Å². The minimum Gasteiger partial charge on any atom is -0.426 e. The van der Waals surface area contributed by atoms with Gasteiger partial charge in [0, 0.05) is 4.47 Å². The Bertz CT molecular complexity index is 370. The third-order valence-corrected chi connectivity index (χ3v) is 2.75. The lowest BCUT2D eigenvalue weighted by Crippen LogP contribution is -2.10. The summed E-state index contributed by atoms with van der Waals surface area (Å²) in [4.78, 5) is 11.4. The molecule has 0 aromatic heterocycles. The van der Waals surface area contributed by atoms with Crippen molar-refractivity contribution >= 4 is 21.9 Å². The van der Waals surface area contributed by atoms with E-state index in [1.165, 1.54) is 0 Å². The van der Waals surface area contributed by atoms with Gasteiger partial charge < -0.3 is 4.74 Å². The molecular formula is C11H11BrO2. The number of hydrogen-bond donors (Lipinski definition) is 0. The molecule has 0 aliphatic heterocycles. The molecule has 0 spiro atoms. The fourth-order valence-corrected chi connectivity index (χ4v) is 1.71. The van der Waals surface area contributed by atoms with Gasteiger partial charge in [-0.05, 0) is 43.5 Å². The van der Waals surface area contributed by atoms with Crippen LogP contribution in [0.3, 0.4) is 0 Å². The maximum absolute atomic E-state index is 11.4. The monoisotopic (exact) mass is 254 g/mol. The Morgan fingerprint density at radius 3 is 2.79 bits per heavy atom. The summed E-state index contributed by atoms with van der Waals surface area (Å²) in [5.74, 6) is 0.735. The first kappa shape index (κ1) is 9.71. The lowest BCUT2D eigenvalue weighted by atomic mass is 10.2. The first-order valence-corrected chi connectivity index (χ1v) is 5.44. The second-order valence-corrected chi connectivity index (χ2v) is 4.52. The molecule has 0 unspecified atom stereocenters. The van der Waals surface area contributed by atoms with Crippen molar-refractivity contribution in [1.29, 1.82) is 0 Å². The summed E-state index contributed by atoms with van der Waals surface area (Å²) in [5, 5.41) is 0. The smallest absolute Gasteiger partial charge is 0.314 e. The molecule has 14 heavy (non-hydrogen) atoms. The number of ether oxygens (including phenoxy) is 1. The zero-order valence-corrected chi connectivity index (χ0v) is 9.50. The van der Waals surface area contributed by atoms with E-state index in [1.807, 2.05) is 25.1 Å². The molecule has 0 atom stereocenters. The van der Waals surface area contributed by atoms with Crippen molar-refractivity contribution in [3.8, 4) is 5.75 Å². The van der Waals surface area contributed by atoms with Crippen molar-refractivity contribution < 1.29 is 9.53 Å². The Morgan fingerprint density at radius 1 is 1.50 bits per heavy atom.